The molecule has 0 spiro atoms. The molecule has 0 radical (unpaired) electrons. The summed E-state index contributed by atoms with van der Waals surface area (Å²) in [6, 6.07) is 11.2. The van der Waals surface area contributed by atoms with Crippen LogP contribution < -0.4 is 9.47 Å². The zero-order valence-electron chi connectivity index (χ0n) is 15.4. The molecule has 146 valence electrons. The smallest absolute Gasteiger partial charge is 0.231 e. The number of carbonyl (C=O) groups excluding carboxylic acids is 2. The topological polar surface area (TPSA) is 59.1 Å². The quantitative estimate of drug-likeness (QED) is 0.739. The Hall–Kier alpha value is -2.93. The molecule has 2 aromatic rings. The molecule has 0 aromatic heterocycles. The average Bonchev–Trinajstić information content (AvgIpc) is 3.18. The summed E-state index contributed by atoms with van der Waals surface area (Å²) >= 11 is 0. The predicted octanol–water partition coefficient (Wildman–Crippen LogP) is 2.12. The van der Waals surface area contributed by atoms with Crippen LogP contribution in [0, 0.1) is 5.82 Å². The Bertz CT molecular complexity index is 876. The number of benzene rings is 2. The summed E-state index contributed by atoms with van der Waals surface area (Å²) in [6.45, 7) is 2.93. The first-order valence-electron chi connectivity index (χ1n) is 9.26. The zero-order valence-corrected chi connectivity index (χ0v) is 15.4. The third-order valence-electron chi connectivity index (χ3n) is 5.06. The molecule has 2 heterocycles. The lowest BCUT2D eigenvalue weighted by molar-refractivity contribution is -0.132. The predicted molar refractivity (Wildman–Crippen MR) is 100 cm³/mol. The Labute approximate surface area is 162 Å². The minimum atomic E-state index is -0.308. The largest absolute Gasteiger partial charge is 0.454 e. The summed E-state index contributed by atoms with van der Waals surface area (Å²) < 4.78 is 23.6. The SMILES string of the molecule is O=C(CN1CCN(C(=O)Cc2ccc(F)cc2)CC1)c1ccc2c(c1)OCO2. The van der Waals surface area contributed by atoms with E-state index in [0.717, 1.165) is 5.56 Å². The van der Waals surface area contributed by atoms with Crippen LogP contribution in [0.2, 0.25) is 0 Å². The molecular weight excluding hydrogens is 363 g/mol. The van der Waals surface area contributed by atoms with Crippen LogP contribution in [-0.2, 0) is 11.2 Å². The van der Waals surface area contributed by atoms with Crippen molar-refractivity contribution in [2.75, 3.05) is 39.5 Å². The second kappa shape index (κ2) is 7.98. The number of nitrogens with zero attached hydrogens (tertiary/aromatic N) is 2. The lowest BCUT2D eigenvalue weighted by atomic mass is 10.1. The molecule has 0 N–H and O–H groups in total. The fourth-order valence-corrected chi connectivity index (χ4v) is 3.41. The second-order valence-corrected chi connectivity index (χ2v) is 6.95. The van der Waals surface area contributed by atoms with E-state index in [1.165, 1.54) is 12.1 Å². The van der Waals surface area contributed by atoms with Gasteiger partial charge in [-0.15, -0.1) is 0 Å². The first kappa shape index (κ1) is 18.4. The van der Waals surface area contributed by atoms with Gasteiger partial charge in [0.15, 0.2) is 17.3 Å². The summed E-state index contributed by atoms with van der Waals surface area (Å²) in [5.74, 6) is 0.988. The van der Waals surface area contributed by atoms with Crippen LogP contribution in [0.15, 0.2) is 42.5 Å². The minimum Gasteiger partial charge on any atom is -0.454 e. The Morgan fingerprint density at radius 1 is 0.929 bits per heavy atom. The molecule has 0 atom stereocenters. The van der Waals surface area contributed by atoms with Gasteiger partial charge in [0.2, 0.25) is 12.7 Å². The number of piperazine rings is 1. The maximum absolute atomic E-state index is 13.0. The molecule has 7 heteroatoms. The van der Waals surface area contributed by atoms with Crippen molar-refractivity contribution in [1.29, 1.82) is 0 Å². The molecule has 6 nitrogen and oxygen atoms in total. The number of rotatable bonds is 5. The van der Waals surface area contributed by atoms with Gasteiger partial charge in [0, 0.05) is 31.7 Å². The number of ether oxygens (including phenoxy) is 2. The van der Waals surface area contributed by atoms with E-state index >= 15 is 0 Å². The third-order valence-corrected chi connectivity index (χ3v) is 5.06. The fraction of sp³-hybridized carbons (Fsp3) is 0.333. The number of hydrogen-bond donors (Lipinski definition) is 0. The van der Waals surface area contributed by atoms with Crippen LogP contribution in [0.4, 0.5) is 4.39 Å². The molecule has 2 aliphatic rings. The van der Waals surface area contributed by atoms with Crippen molar-refractivity contribution in [3.63, 3.8) is 0 Å². The monoisotopic (exact) mass is 384 g/mol. The van der Waals surface area contributed by atoms with Gasteiger partial charge in [-0.25, -0.2) is 4.39 Å². The first-order valence-corrected chi connectivity index (χ1v) is 9.26. The van der Waals surface area contributed by atoms with Crippen LogP contribution in [0.3, 0.4) is 0 Å². The molecular formula is C21H21FN2O4. The molecule has 4 rings (SSSR count). The number of ketones is 1. The highest BCUT2D eigenvalue weighted by Crippen LogP contribution is 2.32. The number of Topliss-reactive ketones (excluding diaryl/α,β-unsaturated/α-hetero) is 1. The normalized spacial score (nSPS) is 16.2. The number of carbonyl (C=O) groups is 2. The van der Waals surface area contributed by atoms with Crippen molar-refractivity contribution in [3.05, 3.63) is 59.4 Å². The van der Waals surface area contributed by atoms with E-state index < -0.39 is 0 Å². The maximum atomic E-state index is 13.0. The lowest BCUT2D eigenvalue weighted by Gasteiger charge is -2.34. The van der Waals surface area contributed by atoms with Crippen molar-refractivity contribution >= 4 is 11.7 Å². The number of amides is 1. The van der Waals surface area contributed by atoms with Crippen LogP contribution >= 0.6 is 0 Å². The van der Waals surface area contributed by atoms with Crippen molar-refractivity contribution in [1.82, 2.24) is 9.80 Å². The van der Waals surface area contributed by atoms with Crippen LogP contribution in [0.25, 0.3) is 0 Å². The van der Waals surface area contributed by atoms with Gasteiger partial charge in [-0.05, 0) is 35.9 Å². The van der Waals surface area contributed by atoms with Crippen molar-refractivity contribution in [2.24, 2.45) is 0 Å². The molecule has 0 aliphatic carbocycles. The Morgan fingerprint density at radius 3 is 2.39 bits per heavy atom. The average molecular weight is 384 g/mol. The summed E-state index contributed by atoms with van der Waals surface area (Å²) in [6.07, 6.45) is 0.260. The van der Waals surface area contributed by atoms with Gasteiger partial charge in [-0.3, -0.25) is 14.5 Å². The molecule has 1 amide bonds. The first-order chi connectivity index (χ1) is 13.6. The molecule has 1 saturated heterocycles. The van der Waals surface area contributed by atoms with Crippen molar-refractivity contribution < 1.29 is 23.5 Å². The Kier molecular flexibility index (Phi) is 5.25. The van der Waals surface area contributed by atoms with Crippen LogP contribution in [-0.4, -0.2) is 61.0 Å². The zero-order chi connectivity index (χ0) is 19.5. The van der Waals surface area contributed by atoms with Gasteiger partial charge in [0.05, 0.1) is 13.0 Å². The van der Waals surface area contributed by atoms with E-state index in [4.69, 9.17) is 9.47 Å². The number of halogens is 1. The van der Waals surface area contributed by atoms with E-state index in [1.54, 1.807) is 35.2 Å². The highest BCUT2D eigenvalue weighted by atomic mass is 19.1. The summed E-state index contributed by atoms with van der Waals surface area (Å²) in [7, 11) is 0. The van der Waals surface area contributed by atoms with E-state index in [9.17, 15) is 14.0 Å². The molecule has 28 heavy (non-hydrogen) atoms. The number of hydrogen-bond acceptors (Lipinski definition) is 5. The molecule has 0 saturated carbocycles. The maximum Gasteiger partial charge on any atom is 0.231 e. The fourth-order valence-electron chi connectivity index (χ4n) is 3.41. The summed E-state index contributed by atoms with van der Waals surface area (Å²) in [4.78, 5) is 28.8. The summed E-state index contributed by atoms with van der Waals surface area (Å²) in [5, 5.41) is 0. The van der Waals surface area contributed by atoms with Crippen LogP contribution in [0.1, 0.15) is 15.9 Å². The second-order valence-electron chi connectivity index (χ2n) is 6.95. The van der Waals surface area contributed by atoms with Gasteiger partial charge in [-0.1, -0.05) is 12.1 Å². The third kappa shape index (κ3) is 4.14. The Morgan fingerprint density at radius 2 is 1.64 bits per heavy atom. The lowest BCUT2D eigenvalue weighted by Crippen LogP contribution is -2.50. The Balaban J connectivity index is 1.27. The van der Waals surface area contributed by atoms with Crippen molar-refractivity contribution in [3.8, 4) is 11.5 Å². The van der Waals surface area contributed by atoms with E-state index in [-0.39, 0.29) is 30.7 Å². The van der Waals surface area contributed by atoms with Gasteiger partial charge < -0.3 is 14.4 Å². The van der Waals surface area contributed by atoms with E-state index in [1.807, 2.05) is 0 Å². The van der Waals surface area contributed by atoms with E-state index in [2.05, 4.69) is 4.90 Å². The highest BCUT2D eigenvalue weighted by molar-refractivity contribution is 5.98. The van der Waals surface area contributed by atoms with Gasteiger partial charge in [0.1, 0.15) is 5.82 Å². The van der Waals surface area contributed by atoms with Gasteiger partial charge in [0.25, 0.3) is 0 Å². The molecule has 0 bridgehead atoms. The molecule has 2 aromatic carbocycles. The minimum absolute atomic E-state index is 0.0180. The van der Waals surface area contributed by atoms with Gasteiger partial charge in [-0.2, -0.15) is 0 Å². The number of fused-ring (bicyclic) bond motifs is 1. The van der Waals surface area contributed by atoms with E-state index in [0.29, 0.717) is 49.8 Å². The molecule has 2 aliphatic heterocycles. The molecule has 1 fully saturated rings. The summed E-state index contributed by atoms with van der Waals surface area (Å²) in [5.41, 5.74) is 1.39. The van der Waals surface area contributed by atoms with Crippen LogP contribution in [0.5, 0.6) is 11.5 Å². The van der Waals surface area contributed by atoms with Gasteiger partial charge >= 0.3 is 0 Å². The highest BCUT2D eigenvalue weighted by Gasteiger charge is 2.23. The standard InChI is InChI=1S/C21H21FN2O4/c22-17-4-1-15(2-5-17)11-21(26)24-9-7-23(8-10-24)13-18(25)16-3-6-19-20(12-16)28-14-27-19/h1-6,12H,7-11,13-14H2. The molecule has 0 unspecified atom stereocenters. The van der Waals surface area contributed by atoms with Crippen molar-refractivity contribution in [2.45, 2.75) is 6.42 Å².